The molecule has 7 heteroatoms. The van der Waals surface area contributed by atoms with E-state index >= 15 is 0 Å². The minimum atomic E-state index is -0.211. The van der Waals surface area contributed by atoms with Crippen molar-refractivity contribution in [3.05, 3.63) is 42.7 Å². The second-order valence-electron chi connectivity index (χ2n) is 7.68. The monoisotopic (exact) mass is 378 g/mol. The zero-order chi connectivity index (χ0) is 18.9. The quantitative estimate of drug-likeness (QED) is 0.646. The Kier molecular flexibility index (Phi) is 4.62. The van der Waals surface area contributed by atoms with Crippen molar-refractivity contribution in [2.45, 2.75) is 31.4 Å². The largest absolute Gasteiger partial charge is 0.393 e. The van der Waals surface area contributed by atoms with E-state index in [4.69, 9.17) is 4.98 Å². The van der Waals surface area contributed by atoms with Crippen LogP contribution in [0.25, 0.3) is 16.7 Å². The zero-order valence-corrected chi connectivity index (χ0v) is 15.9. The number of benzene rings is 1. The van der Waals surface area contributed by atoms with Gasteiger partial charge in [-0.3, -0.25) is 0 Å². The lowest BCUT2D eigenvalue weighted by Crippen LogP contribution is -2.43. The molecule has 1 aromatic carbocycles. The number of rotatable bonds is 4. The van der Waals surface area contributed by atoms with Gasteiger partial charge in [-0.05, 0) is 43.5 Å². The van der Waals surface area contributed by atoms with Crippen molar-refractivity contribution in [1.29, 1.82) is 0 Å². The molecule has 2 aromatic heterocycles. The van der Waals surface area contributed by atoms with E-state index in [0.29, 0.717) is 5.95 Å². The van der Waals surface area contributed by atoms with E-state index in [-0.39, 0.29) is 12.1 Å². The van der Waals surface area contributed by atoms with E-state index in [1.54, 1.807) is 6.20 Å². The summed E-state index contributed by atoms with van der Waals surface area (Å²) in [7, 11) is 0. The van der Waals surface area contributed by atoms with Crippen molar-refractivity contribution in [2.24, 2.45) is 0 Å². The highest BCUT2D eigenvalue weighted by Gasteiger charge is 2.23. The van der Waals surface area contributed by atoms with Crippen LogP contribution in [0.15, 0.2) is 42.7 Å². The van der Waals surface area contributed by atoms with Gasteiger partial charge < -0.3 is 25.2 Å². The summed E-state index contributed by atoms with van der Waals surface area (Å²) in [5.74, 6) is 1.47. The molecule has 1 saturated carbocycles. The average molecular weight is 378 g/mol. The van der Waals surface area contributed by atoms with Crippen molar-refractivity contribution in [3.8, 4) is 5.82 Å². The summed E-state index contributed by atoms with van der Waals surface area (Å²) >= 11 is 0. The number of hydrogen-bond donors (Lipinski definition) is 3. The Hall–Kier alpha value is -2.64. The van der Waals surface area contributed by atoms with E-state index in [9.17, 15) is 5.11 Å². The first-order chi connectivity index (χ1) is 13.8. The van der Waals surface area contributed by atoms with Crippen LogP contribution in [0.4, 0.5) is 11.6 Å². The minimum absolute atomic E-state index is 0.211. The Morgan fingerprint density at radius 3 is 2.82 bits per heavy atom. The van der Waals surface area contributed by atoms with Crippen LogP contribution < -0.4 is 15.5 Å². The number of nitrogens with zero attached hydrogens (tertiary/aromatic N) is 4. The summed E-state index contributed by atoms with van der Waals surface area (Å²) in [6, 6.07) is 10.8. The maximum absolute atomic E-state index is 9.74. The van der Waals surface area contributed by atoms with Gasteiger partial charge in [0.2, 0.25) is 5.95 Å². The van der Waals surface area contributed by atoms with E-state index < -0.39 is 0 Å². The lowest BCUT2D eigenvalue weighted by atomic mass is 10.2. The highest BCUT2D eigenvalue weighted by Crippen LogP contribution is 2.30. The fourth-order valence-electron chi connectivity index (χ4n) is 4.36. The first kappa shape index (κ1) is 17.5. The number of aliphatic hydroxyl groups is 1. The summed E-state index contributed by atoms with van der Waals surface area (Å²) in [6.45, 7) is 4.10. The number of aromatic nitrogens is 3. The van der Waals surface area contributed by atoms with Crippen LogP contribution in [-0.2, 0) is 0 Å². The van der Waals surface area contributed by atoms with Gasteiger partial charge in [0.25, 0.3) is 0 Å². The van der Waals surface area contributed by atoms with Crippen molar-refractivity contribution < 1.29 is 5.11 Å². The first-order valence-corrected chi connectivity index (χ1v) is 10.1. The number of anilines is 2. The second-order valence-corrected chi connectivity index (χ2v) is 7.68. The summed E-state index contributed by atoms with van der Waals surface area (Å²) in [4.78, 5) is 11.6. The van der Waals surface area contributed by atoms with Crippen LogP contribution in [0.5, 0.6) is 0 Å². The van der Waals surface area contributed by atoms with E-state index in [2.05, 4.69) is 55.5 Å². The van der Waals surface area contributed by atoms with Crippen molar-refractivity contribution in [1.82, 2.24) is 19.9 Å². The predicted octanol–water partition coefficient (Wildman–Crippen LogP) is 2.16. The maximum atomic E-state index is 9.74. The minimum Gasteiger partial charge on any atom is -0.393 e. The van der Waals surface area contributed by atoms with Gasteiger partial charge in [-0.25, -0.2) is 4.98 Å². The molecule has 1 saturated heterocycles. The Bertz CT molecular complexity index is 964. The SMILES string of the molecule is O[C@H]1CC[C@@H](Nc2nccc(-n3ccc4c(N5CCNCC5)cccc43)n2)C1. The maximum Gasteiger partial charge on any atom is 0.224 e. The first-order valence-electron chi connectivity index (χ1n) is 10.1. The van der Waals surface area contributed by atoms with Gasteiger partial charge in [0.15, 0.2) is 0 Å². The van der Waals surface area contributed by atoms with E-state index in [0.717, 1.165) is 56.8 Å². The predicted molar refractivity (Wildman–Crippen MR) is 111 cm³/mol. The molecule has 3 aromatic rings. The Balaban J connectivity index is 1.45. The third-order valence-electron chi connectivity index (χ3n) is 5.79. The molecule has 28 heavy (non-hydrogen) atoms. The molecule has 2 aliphatic rings. The second kappa shape index (κ2) is 7.41. The molecule has 3 heterocycles. The van der Waals surface area contributed by atoms with E-state index in [1.165, 1.54) is 11.1 Å². The molecule has 1 aliphatic heterocycles. The molecular weight excluding hydrogens is 352 g/mol. The Morgan fingerprint density at radius 2 is 2.00 bits per heavy atom. The number of nitrogens with one attached hydrogen (secondary N) is 2. The highest BCUT2D eigenvalue weighted by molar-refractivity contribution is 5.94. The normalized spacial score (nSPS) is 22.7. The van der Waals surface area contributed by atoms with Crippen LogP contribution in [0.2, 0.25) is 0 Å². The molecule has 5 rings (SSSR count). The van der Waals surface area contributed by atoms with Crippen molar-refractivity contribution >= 4 is 22.5 Å². The van der Waals surface area contributed by atoms with Crippen LogP contribution in [-0.4, -0.2) is 58.0 Å². The van der Waals surface area contributed by atoms with Gasteiger partial charge in [0.05, 0.1) is 11.6 Å². The number of hydrogen-bond acceptors (Lipinski definition) is 6. The molecule has 0 spiro atoms. The van der Waals surface area contributed by atoms with Gasteiger partial charge in [-0.2, -0.15) is 4.98 Å². The van der Waals surface area contributed by atoms with Gasteiger partial charge in [0, 0.05) is 55.7 Å². The average Bonchev–Trinajstić information content (AvgIpc) is 3.35. The van der Waals surface area contributed by atoms with Gasteiger partial charge >= 0.3 is 0 Å². The van der Waals surface area contributed by atoms with Crippen LogP contribution >= 0.6 is 0 Å². The van der Waals surface area contributed by atoms with Gasteiger partial charge in [0.1, 0.15) is 5.82 Å². The molecule has 146 valence electrons. The summed E-state index contributed by atoms with van der Waals surface area (Å²) in [6.07, 6.45) is 6.22. The summed E-state index contributed by atoms with van der Waals surface area (Å²) < 4.78 is 2.12. The molecule has 0 amide bonds. The van der Waals surface area contributed by atoms with Crippen LogP contribution in [0.3, 0.4) is 0 Å². The molecule has 3 N–H and O–H groups in total. The highest BCUT2D eigenvalue weighted by atomic mass is 16.3. The molecule has 1 aliphatic carbocycles. The van der Waals surface area contributed by atoms with E-state index in [1.807, 2.05) is 6.07 Å². The topological polar surface area (TPSA) is 78.2 Å². The molecule has 0 unspecified atom stereocenters. The molecule has 0 radical (unpaired) electrons. The van der Waals surface area contributed by atoms with Gasteiger partial charge in [-0.15, -0.1) is 0 Å². The van der Waals surface area contributed by atoms with Gasteiger partial charge in [-0.1, -0.05) is 6.07 Å². The molecule has 2 fully saturated rings. The molecule has 7 nitrogen and oxygen atoms in total. The number of piperazine rings is 1. The lowest BCUT2D eigenvalue weighted by Gasteiger charge is -2.30. The fourth-order valence-corrected chi connectivity index (χ4v) is 4.36. The smallest absolute Gasteiger partial charge is 0.224 e. The number of fused-ring (bicyclic) bond motifs is 1. The lowest BCUT2D eigenvalue weighted by molar-refractivity contribution is 0.182. The van der Waals surface area contributed by atoms with Crippen LogP contribution in [0, 0.1) is 0 Å². The third kappa shape index (κ3) is 3.31. The molecular formula is C21H26N6O. The standard InChI is InChI=1S/C21H26N6O/c28-16-5-4-15(14-16)24-21-23-8-6-20(25-21)27-11-7-17-18(2-1-3-19(17)27)26-12-9-22-10-13-26/h1-3,6-8,11,15-16,22,28H,4-5,9-10,12-14H2,(H,23,24,25)/t15-,16+/m1/s1. The zero-order valence-electron chi connectivity index (χ0n) is 15.9. The molecule has 2 atom stereocenters. The third-order valence-corrected chi connectivity index (χ3v) is 5.79. The summed E-state index contributed by atoms with van der Waals surface area (Å²) in [5.41, 5.74) is 2.43. The number of aliphatic hydroxyl groups excluding tert-OH is 1. The summed E-state index contributed by atoms with van der Waals surface area (Å²) in [5, 5.41) is 17.8. The van der Waals surface area contributed by atoms with Crippen molar-refractivity contribution in [2.75, 3.05) is 36.4 Å². The Labute approximate surface area is 164 Å². The Morgan fingerprint density at radius 1 is 1.11 bits per heavy atom. The van der Waals surface area contributed by atoms with Crippen molar-refractivity contribution in [3.63, 3.8) is 0 Å². The molecule has 0 bridgehead atoms. The fraction of sp³-hybridized carbons (Fsp3) is 0.429. The van der Waals surface area contributed by atoms with Crippen LogP contribution in [0.1, 0.15) is 19.3 Å².